The Kier molecular flexibility index (Phi) is 5.44. The molecule has 28 heavy (non-hydrogen) atoms. The molecule has 5 heteroatoms. The second kappa shape index (κ2) is 8.15. The highest BCUT2D eigenvalue weighted by atomic mass is 16.5. The quantitative estimate of drug-likeness (QED) is 0.644. The van der Waals surface area contributed by atoms with Crippen LogP contribution in [0.4, 0.5) is 0 Å². The average molecular weight is 377 g/mol. The summed E-state index contributed by atoms with van der Waals surface area (Å²) in [7, 11) is 1.69. The van der Waals surface area contributed by atoms with Crippen molar-refractivity contribution in [3.8, 4) is 5.75 Å². The maximum Gasteiger partial charge on any atom is 0.118 e. The number of aryl methyl sites for hydroxylation is 1. The van der Waals surface area contributed by atoms with E-state index in [0.29, 0.717) is 6.04 Å². The van der Waals surface area contributed by atoms with Crippen molar-refractivity contribution in [1.82, 2.24) is 19.7 Å². The molecular weight excluding hydrogens is 348 g/mol. The zero-order valence-corrected chi connectivity index (χ0v) is 16.9. The number of pyridine rings is 1. The number of aromatic nitrogens is 3. The molecule has 1 fully saturated rings. The lowest BCUT2D eigenvalue weighted by atomic mass is 10.1. The molecule has 1 aliphatic rings. The van der Waals surface area contributed by atoms with Crippen LogP contribution in [-0.4, -0.2) is 33.3 Å². The molecule has 0 radical (unpaired) electrons. The van der Waals surface area contributed by atoms with E-state index in [1.807, 2.05) is 24.5 Å². The van der Waals surface area contributed by atoms with Crippen LogP contribution in [0.1, 0.15) is 47.0 Å². The topological polar surface area (TPSA) is 43.2 Å². The molecule has 3 aromatic rings. The molecule has 0 amide bonds. The normalized spacial score (nSPS) is 17.2. The first-order valence-corrected chi connectivity index (χ1v) is 9.95. The van der Waals surface area contributed by atoms with Crippen LogP contribution in [0, 0.1) is 13.8 Å². The zero-order chi connectivity index (χ0) is 19.5. The predicted octanol–water partition coefficient (Wildman–Crippen LogP) is 4.29. The van der Waals surface area contributed by atoms with Crippen LogP contribution in [-0.2, 0) is 13.1 Å². The third-order valence-corrected chi connectivity index (χ3v) is 5.84. The lowest BCUT2D eigenvalue weighted by Crippen LogP contribution is -2.23. The van der Waals surface area contributed by atoms with Crippen LogP contribution in [0.2, 0.25) is 0 Å². The van der Waals surface area contributed by atoms with Crippen molar-refractivity contribution in [3.05, 3.63) is 76.9 Å². The van der Waals surface area contributed by atoms with Crippen molar-refractivity contribution in [2.24, 2.45) is 0 Å². The van der Waals surface area contributed by atoms with Gasteiger partial charge in [-0.1, -0.05) is 12.1 Å². The van der Waals surface area contributed by atoms with Crippen LogP contribution in [0.3, 0.4) is 0 Å². The fraction of sp³-hybridized carbons (Fsp3) is 0.391. The first kappa shape index (κ1) is 18.7. The molecule has 5 nitrogen and oxygen atoms in total. The number of benzene rings is 1. The van der Waals surface area contributed by atoms with E-state index in [9.17, 15) is 0 Å². The van der Waals surface area contributed by atoms with Gasteiger partial charge >= 0.3 is 0 Å². The molecule has 0 bridgehead atoms. The van der Waals surface area contributed by atoms with Crippen molar-refractivity contribution in [2.75, 3.05) is 13.7 Å². The van der Waals surface area contributed by atoms with Gasteiger partial charge in [-0.15, -0.1) is 0 Å². The summed E-state index contributed by atoms with van der Waals surface area (Å²) >= 11 is 0. The minimum absolute atomic E-state index is 0.478. The number of nitrogens with zero attached hydrogens (tertiary/aromatic N) is 4. The van der Waals surface area contributed by atoms with Crippen LogP contribution >= 0.6 is 0 Å². The summed E-state index contributed by atoms with van der Waals surface area (Å²) in [5, 5.41) is 4.84. The summed E-state index contributed by atoms with van der Waals surface area (Å²) in [6.45, 7) is 7.19. The molecule has 1 atom stereocenters. The second-order valence-corrected chi connectivity index (χ2v) is 7.56. The summed E-state index contributed by atoms with van der Waals surface area (Å²) in [5.74, 6) is 0.883. The third kappa shape index (κ3) is 3.80. The van der Waals surface area contributed by atoms with Gasteiger partial charge in [0.2, 0.25) is 0 Å². The smallest absolute Gasteiger partial charge is 0.118 e. The number of ether oxygens (including phenoxy) is 1. The van der Waals surface area contributed by atoms with E-state index in [2.05, 4.69) is 52.7 Å². The minimum Gasteiger partial charge on any atom is -0.497 e. The van der Waals surface area contributed by atoms with E-state index >= 15 is 0 Å². The maximum atomic E-state index is 5.26. The number of hydrogen-bond acceptors (Lipinski definition) is 4. The van der Waals surface area contributed by atoms with Gasteiger partial charge in [0.15, 0.2) is 0 Å². The minimum atomic E-state index is 0.478. The standard InChI is InChI=1S/C23H28N4O/c1-17-22(16-26-14-4-5-23(26)20-10-12-24-13-11-20)18(2)27(25-17)15-19-6-8-21(28-3)9-7-19/h6-13,23H,4-5,14-16H2,1-3H3. The van der Waals surface area contributed by atoms with Crippen molar-refractivity contribution >= 4 is 0 Å². The molecule has 3 heterocycles. The Morgan fingerprint density at radius 1 is 1.04 bits per heavy atom. The third-order valence-electron chi connectivity index (χ3n) is 5.84. The Hall–Kier alpha value is -2.66. The summed E-state index contributed by atoms with van der Waals surface area (Å²) in [6, 6.07) is 13.0. The maximum absolute atomic E-state index is 5.26. The van der Waals surface area contributed by atoms with Gasteiger partial charge in [0, 0.05) is 36.2 Å². The second-order valence-electron chi connectivity index (χ2n) is 7.56. The van der Waals surface area contributed by atoms with E-state index < -0.39 is 0 Å². The fourth-order valence-electron chi connectivity index (χ4n) is 4.20. The number of methoxy groups -OCH3 is 1. The molecule has 2 aromatic heterocycles. The van der Waals surface area contributed by atoms with E-state index in [1.54, 1.807) is 7.11 Å². The Morgan fingerprint density at radius 2 is 1.79 bits per heavy atom. The summed E-state index contributed by atoms with van der Waals surface area (Å²) in [5.41, 5.74) is 6.34. The van der Waals surface area contributed by atoms with Gasteiger partial charge in [-0.25, -0.2) is 0 Å². The molecule has 146 valence electrons. The lowest BCUT2D eigenvalue weighted by molar-refractivity contribution is 0.247. The fourth-order valence-corrected chi connectivity index (χ4v) is 4.20. The van der Waals surface area contributed by atoms with Crippen molar-refractivity contribution in [2.45, 2.75) is 45.8 Å². The van der Waals surface area contributed by atoms with Gasteiger partial charge in [0.1, 0.15) is 5.75 Å². The molecule has 4 rings (SSSR count). The molecule has 1 saturated heterocycles. The highest BCUT2D eigenvalue weighted by molar-refractivity contribution is 5.30. The van der Waals surface area contributed by atoms with Crippen molar-refractivity contribution < 1.29 is 4.74 Å². The number of likely N-dealkylation sites (tertiary alicyclic amines) is 1. The summed E-state index contributed by atoms with van der Waals surface area (Å²) < 4.78 is 7.38. The molecule has 1 aliphatic heterocycles. The monoisotopic (exact) mass is 376 g/mol. The van der Waals surface area contributed by atoms with Gasteiger partial charge < -0.3 is 4.74 Å². The van der Waals surface area contributed by atoms with Crippen LogP contribution in [0.25, 0.3) is 0 Å². The molecular formula is C23H28N4O. The Bertz CT molecular complexity index is 918. The molecule has 0 saturated carbocycles. The van der Waals surface area contributed by atoms with Gasteiger partial charge in [0.25, 0.3) is 0 Å². The summed E-state index contributed by atoms with van der Waals surface area (Å²) in [6.07, 6.45) is 6.25. The van der Waals surface area contributed by atoms with Crippen LogP contribution in [0.15, 0.2) is 48.8 Å². The van der Waals surface area contributed by atoms with Gasteiger partial charge in [-0.2, -0.15) is 5.10 Å². The number of rotatable bonds is 6. The molecule has 1 aromatic carbocycles. The molecule has 0 N–H and O–H groups in total. The highest BCUT2D eigenvalue weighted by Gasteiger charge is 2.27. The highest BCUT2D eigenvalue weighted by Crippen LogP contribution is 2.33. The zero-order valence-electron chi connectivity index (χ0n) is 16.9. The van der Waals surface area contributed by atoms with Crippen LogP contribution in [0.5, 0.6) is 5.75 Å². The molecule has 1 unspecified atom stereocenters. The largest absolute Gasteiger partial charge is 0.497 e. The lowest BCUT2D eigenvalue weighted by Gasteiger charge is -2.25. The molecule has 0 spiro atoms. The predicted molar refractivity (Wildman–Crippen MR) is 110 cm³/mol. The van der Waals surface area contributed by atoms with Crippen molar-refractivity contribution in [1.29, 1.82) is 0 Å². The van der Waals surface area contributed by atoms with Gasteiger partial charge in [0.05, 0.1) is 19.3 Å². The van der Waals surface area contributed by atoms with E-state index in [-0.39, 0.29) is 0 Å². The van der Waals surface area contributed by atoms with E-state index in [0.717, 1.165) is 31.1 Å². The van der Waals surface area contributed by atoms with Gasteiger partial charge in [-0.05, 0) is 68.6 Å². The van der Waals surface area contributed by atoms with Crippen molar-refractivity contribution in [3.63, 3.8) is 0 Å². The average Bonchev–Trinajstić information content (AvgIpc) is 3.29. The molecule has 0 aliphatic carbocycles. The van der Waals surface area contributed by atoms with Gasteiger partial charge in [-0.3, -0.25) is 14.6 Å². The van der Waals surface area contributed by atoms with E-state index in [1.165, 1.54) is 35.2 Å². The van der Waals surface area contributed by atoms with E-state index in [4.69, 9.17) is 9.84 Å². The summed E-state index contributed by atoms with van der Waals surface area (Å²) in [4.78, 5) is 6.76. The Balaban J connectivity index is 1.52. The van der Waals surface area contributed by atoms with Crippen LogP contribution < -0.4 is 4.74 Å². The Morgan fingerprint density at radius 3 is 2.50 bits per heavy atom. The first-order valence-electron chi connectivity index (χ1n) is 9.95. The SMILES string of the molecule is COc1ccc(Cn2nc(C)c(CN3CCCC3c3ccncc3)c2C)cc1. The number of hydrogen-bond donors (Lipinski definition) is 0. The first-order chi connectivity index (χ1) is 13.7. The Labute approximate surface area is 167 Å².